The van der Waals surface area contributed by atoms with Crippen LogP contribution < -0.4 is 0 Å². The summed E-state index contributed by atoms with van der Waals surface area (Å²) in [4.78, 5) is 11.9. The second kappa shape index (κ2) is 6.80. The van der Waals surface area contributed by atoms with Gasteiger partial charge in [-0.3, -0.25) is 9.80 Å². The van der Waals surface area contributed by atoms with Crippen molar-refractivity contribution in [1.82, 2.24) is 19.8 Å². The summed E-state index contributed by atoms with van der Waals surface area (Å²) in [7, 11) is -3.06. The lowest BCUT2D eigenvalue weighted by atomic mass is 10.0. The molecule has 0 saturated carbocycles. The Morgan fingerprint density at radius 1 is 1.19 bits per heavy atom. The normalized spacial score (nSPS) is 26.2. The lowest BCUT2D eigenvalue weighted by Gasteiger charge is -2.43. The first kappa shape index (κ1) is 17.7. The van der Waals surface area contributed by atoms with Crippen molar-refractivity contribution >= 4 is 9.84 Å². The molecule has 2 N–H and O–H groups in total. The summed E-state index contributed by atoms with van der Waals surface area (Å²) in [6.45, 7) is 4.64. The number of hydrogen-bond acceptors (Lipinski definition) is 7. The monoisotopic (exact) mass is 380 g/mol. The fraction of sp³-hybridized carbons (Fsp3) is 0.588. The van der Waals surface area contributed by atoms with E-state index < -0.39 is 9.84 Å². The standard InChI is InChI=1S/C17H24N4O4S/c1-12-15(19-11-18-12)7-21-5-4-20(6-13-2-3-14(8-22)25-13)16-9-26(23,24)10-17(16)21/h2-3,11,16-17,22H,4-10H2,1H3,(H,18,19)/t16-,17+/m1/s1. The molecule has 0 aliphatic carbocycles. The smallest absolute Gasteiger partial charge is 0.153 e. The quantitative estimate of drug-likeness (QED) is 0.768. The van der Waals surface area contributed by atoms with E-state index in [9.17, 15) is 8.42 Å². The number of aromatic amines is 1. The van der Waals surface area contributed by atoms with Gasteiger partial charge in [0, 0.05) is 37.4 Å². The summed E-state index contributed by atoms with van der Waals surface area (Å²) in [5.41, 5.74) is 2.00. The van der Waals surface area contributed by atoms with E-state index in [2.05, 4.69) is 19.8 Å². The minimum absolute atomic E-state index is 0.0304. The van der Waals surface area contributed by atoms with E-state index in [-0.39, 0.29) is 30.2 Å². The second-order valence-electron chi connectivity index (χ2n) is 7.15. The molecule has 2 aliphatic heterocycles. The number of sulfone groups is 1. The maximum Gasteiger partial charge on any atom is 0.153 e. The third-order valence-electron chi connectivity index (χ3n) is 5.43. The van der Waals surface area contributed by atoms with Gasteiger partial charge < -0.3 is 14.5 Å². The molecule has 0 spiro atoms. The number of piperazine rings is 1. The summed E-state index contributed by atoms with van der Waals surface area (Å²) in [5, 5.41) is 9.15. The van der Waals surface area contributed by atoms with Crippen molar-refractivity contribution in [1.29, 1.82) is 0 Å². The number of imidazole rings is 1. The van der Waals surface area contributed by atoms with Gasteiger partial charge in [-0.1, -0.05) is 0 Å². The maximum absolute atomic E-state index is 12.3. The fourth-order valence-electron chi connectivity index (χ4n) is 4.02. The molecule has 2 aromatic rings. The number of fused-ring (bicyclic) bond motifs is 1. The van der Waals surface area contributed by atoms with E-state index in [1.165, 1.54) is 0 Å². The Balaban J connectivity index is 1.52. The Kier molecular flexibility index (Phi) is 4.64. The Morgan fingerprint density at radius 2 is 1.85 bits per heavy atom. The molecule has 26 heavy (non-hydrogen) atoms. The molecule has 2 atom stereocenters. The number of aryl methyl sites for hydroxylation is 1. The molecule has 9 heteroatoms. The lowest BCUT2D eigenvalue weighted by molar-refractivity contribution is 0.0305. The van der Waals surface area contributed by atoms with Crippen LogP contribution in [-0.4, -0.2) is 70.0 Å². The molecule has 0 unspecified atom stereocenters. The largest absolute Gasteiger partial charge is 0.462 e. The van der Waals surface area contributed by atoms with E-state index in [1.54, 1.807) is 12.4 Å². The second-order valence-corrected chi connectivity index (χ2v) is 9.31. The zero-order valence-electron chi connectivity index (χ0n) is 14.8. The van der Waals surface area contributed by atoms with Gasteiger partial charge in [0.1, 0.15) is 18.1 Å². The zero-order chi connectivity index (χ0) is 18.3. The van der Waals surface area contributed by atoms with Crippen LogP contribution in [0.3, 0.4) is 0 Å². The summed E-state index contributed by atoms with van der Waals surface area (Å²) in [6.07, 6.45) is 1.68. The average molecular weight is 380 g/mol. The fourth-order valence-corrected chi connectivity index (χ4v) is 6.06. The first-order valence-corrected chi connectivity index (χ1v) is 10.6. The molecular formula is C17H24N4O4S. The van der Waals surface area contributed by atoms with Gasteiger partial charge in [0.15, 0.2) is 9.84 Å². The number of nitrogens with one attached hydrogen (secondary N) is 1. The molecule has 0 bridgehead atoms. The van der Waals surface area contributed by atoms with Crippen LogP contribution in [0.5, 0.6) is 0 Å². The first-order valence-electron chi connectivity index (χ1n) is 8.81. The summed E-state index contributed by atoms with van der Waals surface area (Å²) >= 11 is 0. The highest BCUT2D eigenvalue weighted by molar-refractivity contribution is 7.91. The van der Waals surface area contributed by atoms with Crippen molar-refractivity contribution in [2.45, 2.75) is 38.7 Å². The zero-order valence-corrected chi connectivity index (χ0v) is 15.6. The predicted octanol–water partition coefficient (Wildman–Crippen LogP) is 0.287. The number of aliphatic hydroxyl groups is 1. The highest BCUT2D eigenvalue weighted by Gasteiger charge is 2.46. The van der Waals surface area contributed by atoms with Crippen LogP contribution in [0.2, 0.25) is 0 Å². The van der Waals surface area contributed by atoms with Gasteiger partial charge in [-0.2, -0.15) is 0 Å². The molecule has 2 aromatic heterocycles. The number of H-pyrrole nitrogens is 1. The third-order valence-corrected chi connectivity index (χ3v) is 7.12. The Hall–Kier alpha value is -1.68. The molecule has 4 rings (SSSR count). The van der Waals surface area contributed by atoms with Gasteiger partial charge in [0.25, 0.3) is 0 Å². The number of furan rings is 1. The summed E-state index contributed by atoms with van der Waals surface area (Å²) in [5.74, 6) is 1.66. The van der Waals surface area contributed by atoms with Crippen molar-refractivity contribution in [2.24, 2.45) is 0 Å². The minimum Gasteiger partial charge on any atom is -0.462 e. The molecule has 0 amide bonds. The molecular weight excluding hydrogens is 356 g/mol. The van der Waals surface area contributed by atoms with Crippen LogP contribution in [-0.2, 0) is 29.5 Å². The van der Waals surface area contributed by atoms with Gasteiger partial charge in [-0.15, -0.1) is 0 Å². The highest BCUT2D eigenvalue weighted by atomic mass is 32.2. The molecule has 4 heterocycles. The number of aromatic nitrogens is 2. The number of nitrogens with zero attached hydrogens (tertiary/aromatic N) is 3. The molecule has 8 nitrogen and oxygen atoms in total. The summed E-state index contributed by atoms with van der Waals surface area (Å²) in [6, 6.07) is 3.53. The van der Waals surface area contributed by atoms with Crippen LogP contribution >= 0.6 is 0 Å². The lowest BCUT2D eigenvalue weighted by Crippen LogP contribution is -2.58. The average Bonchev–Trinajstić information content (AvgIpc) is 3.29. The van der Waals surface area contributed by atoms with E-state index in [1.807, 2.05) is 13.0 Å². The summed E-state index contributed by atoms with van der Waals surface area (Å²) < 4.78 is 30.3. The van der Waals surface area contributed by atoms with Crippen LogP contribution in [0.15, 0.2) is 22.9 Å². The number of hydrogen-bond donors (Lipinski definition) is 2. The minimum atomic E-state index is -3.06. The Bertz CT molecular complexity index is 875. The van der Waals surface area contributed by atoms with Crippen LogP contribution in [0.1, 0.15) is 22.9 Å². The van der Waals surface area contributed by atoms with E-state index in [4.69, 9.17) is 9.52 Å². The highest BCUT2D eigenvalue weighted by Crippen LogP contribution is 2.29. The first-order chi connectivity index (χ1) is 12.4. The van der Waals surface area contributed by atoms with Gasteiger partial charge in [0.05, 0.1) is 30.1 Å². The molecule has 0 radical (unpaired) electrons. The molecule has 2 saturated heterocycles. The van der Waals surface area contributed by atoms with Gasteiger partial charge >= 0.3 is 0 Å². The van der Waals surface area contributed by atoms with Crippen LogP contribution in [0.25, 0.3) is 0 Å². The van der Waals surface area contributed by atoms with Crippen molar-refractivity contribution in [3.63, 3.8) is 0 Å². The van der Waals surface area contributed by atoms with Gasteiger partial charge in [0.2, 0.25) is 0 Å². The predicted molar refractivity (Wildman–Crippen MR) is 95.0 cm³/mol. The topological polar surface area (TPSA) is 103 Å². The van der Waals surface area contributed by atoms with Crippen molar-refractivity contribution in [3.8, 4) is 0 Å². The van der Waals surface area contributed by atoms with Crippen LogP contribution in [0.4, 0.5) is 0 Å². The SMILES string of the molecule is Cc1[nH]cnc1CN1CCN(Cc2ccc(CO)o2)[C@@H]2CS(=O)(=O)C[C@@H]21. The molecule has 0 aromatic carbocycles. The van der Waals surface area contributed by atoms with Gasteiger partial charge in [-0.25, -0.2) is 13.4 Å². The number of rotatable bonds is 5. The van der Waals surface area contributed by atoms with Gasteiger partial charge in [-0.05, 0) is 19.1 Å². The Morgan fingerprint density at radius 3 is 2.42 bits per heavy atom. The number of aliphatic hydroxyl groups excluding tert-OH is 1. The van der Waals surface area contributed by atoms with E-state index in [0.717, 1.165) is 30.2 Å². The Labute approximate surface area is 152 Å². The van der Waals surface area contributed by atoms with E-state index in [0.29, 0.717) is 18.8 Å². The maximum atomic E-state index is 12.3. The van der Waals surface area contributed by atoms with Crippen molar-refractivity contribution < 1.29 is 17.9 Å². The van der Waals surface area contributed by atoms with E-state index >= 15 is 0 Å². The molecule has 142 valence electrons. The van der Waals surface area contributed by atoms with Crippen molar-refractivity contribution in [2.75, 3.05) is 24.6 Å². The van der Waals surface area contributed by atoms with Crippen LogP contribution in [0, 0.1) is 6.92 Å². The third kappa shape index (κ3) is 3.44. The van der Waals surface area contributed by atoms with Crippen molar-refractivity contribution in [3.05, 3.63) is 41.4 Å². The molecule has 2 aliphatic rings. The molecule has 2 fully saturated rings.